The summed E-state index contributed by atoms with van der Waals surface area (Å²) < 4.78 is 0. The minimum absolute atomic E-state index is 0.436. The van der Waals surface area contributed by atoms with Crippen molar-refractivity contribution in [3.8, 4) is 0 Å². The molecule has 126 valence electrons. The maximum absolute atomic E-state index is 10.8. The van der Waals surface area contributed by atoms with Crippen LogP contribution in [0.2, 0.25) is 10.0 Å². The van der Waals surface area contributed by atoms with Crippen LogP contribution in [0.25, 0.3) is 0 Å². The Balaban J connectivity index is 1.81. The molecule has 3 rings (SSSR count). The highest BCUT2D eigenvalue weighted by molar-refractivity contribution is 6.43. The molecule has 0 radical (unpaired) electrons. The number of nitrogens with one attached hydrogen (secondary N) is 1. The summed E-state index contributed by atoms with van der Waals surface area (Å²) in [5, 5.41) is 4.03. The normalized spacial score (nSPS) is 14.6. The highest BCUT2D eigenvalue weighted by Crippen LogP contribution is 2.31. The van der Waals surface area contributed by atoms with Crippen LogP contribution in [0.1, 0.15) is 5.69 Å². The van der Waals surface area contributed by atoms with Crippen LogP contribution in [0.3, 0.4) is 0 Å². The molecule has 1 N–H and O–H groups in total. The minimum Gasteiger partial charge on any atom is -0.353 e. The van der Waals surface area contributed by atoms with Crippen molar-refractivity contribution in [2.24, 2.45) is 0 Å². The Kier molecular flexibility index (Phi) is 5.06. The predicted octanol–water partition coefficient (Wildman–Crippen LogP) is 3.11. The molecular weight excluding hydrogens is 349 g/mol. The highest BCUT2D eigenvalue weighted by Gasteiger charge is 2.18. The van der Waals surface area contributed by atoms with Crippen LogP contribution in [-0.2, 0) is 4.79 Å². The predicted molar refractivity (Wildman–Crippen MR) is 96.4 cm³/mol. The van der Waals surface area contributed by atoms with Crippen molar-refractivity contribution in [1.29, 1.82) is 0 Å². The third-order valence-corrected chi connectivity index (χ3v) is 4.64. The van der Waals surface area contributed by atoms with Crippen molar-refractivity contribution in [2.45, 2.75) is 6.92 Å². The summed E-state index contributed by atoms with van der Waals surface area (Å²) in [5.41, 5.74) is 1.50. The molecule has 0 spiro atoms. The first-order chi connectivity index (χ1) is 11.6. The van der Waals surface area contributed by atoms with E-state index in [0.717, 1.165) is 31.0 Å². The van der Waals surface area contributed by atoms with Crippen molar-refractivity contribution in [2.75, 3.05) is 36.4 Å². The second-order valence-electron chi connectivity index (χ2n) is 5.55. The number of hydrogen-bond acceptors (Lipinski definition) is 5. The lowest BCUT2D eigenvalue weighted by molar-refractivity contribution is -0.118. The molecule has 1 aliphatic heterocycles. The summed E-state index contributed by atoms with van der Waals surface area (Å²) >= 11 is 12.2. The van der Waals surface area contributed by atoms with E-state index in [1.807, 2.05) is 25.1 Å². The maximum Gasteiger partial charge on any atom is 0.229 e. The number of aryl methyl sites for hydroxylation is 1. The molecule has 24 heavy (non-hydrogen) atoms. The van der Waals surface area contributed by atoms with Crippen LogP contribution in [-0.4, -0.2) is 47.5 Å². The molecule has 1 amide bonds. The van der Waals surface area contributed by atoms with Gasteiger partial charge in [-0.3, -0.25) is 4.79 Å². The standard InChI is InChI=1S/C16H17Cl2N5O/c1-11-9-14(23-7-5-22(10-24)6-8-23)21-16(19-11)20-13-4-2-3-12(17)15(13)18/h2-4,9-10H,5-8H2,1H3,(H,19,20,21). The molecule has 6 nitrogen and oxygen atoms in total. The largest absolute Gasteiger partial charge is 0.353 e. The van der Waals surface area contributed by atoms with Crippen molar-refractivity contribution in [3.63, 3.8) is 0 Å². The van der Waals surface area contributed by atoms with Crippen LogP contribution in [0.5, 0.6) is 0 Å². The van der Waals surface area contributed by atoms with Crippen LogP contribution in [0, 0.1) is 6.92 Å². The van der Waals surface area contributed by atoms with E-state index in [1.54, 1.807) is 11.0 Å². The Labute approximate surface area is 150 Å². The molecule has 2 aromatic rings. The number of rotatable bonds is 4. The van der Waals surface area contributed by atoms with E-state index in [1.165, 1.54) is 0 Å². The topological polar surface area (TPSA) is 61.4 Å². The number of hydrogen-bond donors (Lipinski definition) is 1. The van der Waals surface area contributed by atoms with Crippen molar-refractivity contribution in [3.05, 3.63) is 40.0 Å². The van der Waals surface area contributed by atoms with E-state index in [0.29, 0.717) is 34.8 Å². The lowest BCUT2D eigenvalue weighted by Crippen LogP contribution is -2.46. The van der Waals surface area contributed by atoms with E-state index in [9.17, 15) is 4.79 Å². The van der Waals surface area contributed by atoms with Gasteiger partial charge < -0.3 is 15.1 Å². The maximum atomic E-state index is 10.8. The number of amides is 1. The number of benzene rings is 1. The molecule has 0 aliphatic carbocycles. The second-order valence-corrected chi connectivity index (χ2v) is 6.33. The van der Waals surface area contributed by atoms with Gasteiger partial charge in [-0.1, -0.05) is 29.3 Å². The fourth-order valence-corrected chi connectivity index (χ4v) is 2.89. The van der Waals surface area contributed by atoms with Gasteiger partial charge in [0.25, 0.3) is 0 Å². The number of halogens is 2. The zero-order valence-corrected chi connectivity index (χ0v) is 14.7. The summed E-state index contributed by atoms with van der Waals surface area (Å²) in [7, 11) is 0. The van der Waals surface area contributed by atoms with Gasteiger partial charge in [-0.25, -0.2) is 4.98 Å². The molecule has 1 aliphatic rings. The van der Waals surface area contributed by atoms with Gasteiger partial charge >= 0.3 is 0 Å². The Bertz CT molecular complexity index is 747. The third kappa shape index (κ3) is 3.71. The number of aromatic nitrogens is 2. The summed E-state index contributed by atoms with van der Waals surface area (Å²) in [6, 6.07) is 7.29. The lowest BCUT2D eigenvalue weighted by Gasteiger charge is -2.33. The Hall–Kier alpha value is -2.05. The van der Waals surface area contributed by atoms with Crippen LogP contribution < -0.4 is 10.2 Å². The van der Waals surface area contributed by atoms with Gasteiger partial charge in [0.2, 0.25) is 12.4 Å². The average molecular weight is 366 g/mol. The van der Waals surface area contributed by atoms with E-state index >= 15 is 0 Å². The minimum atomic E-state index is 0.436. The van der Waals surface area contributed by atoms with E-state index in [-0.39, 0.29) is 0 Å². The molecule has 0 atom stereocenters. The smallest absolute Gasteiger partial charge is 0.229 e. The molecular formula is C16H17Cl2N5O. The first kappa shape index (κ1) is 16.8. The molecule has 1 fully saturated rings. The monoisotopic (exact) mass is 365 g/mol. The van der Waals surface area contributed by atoms with E-state index < -0.39 is 0 Å². The van der Waals surface area contributed by atoms with Gasteiger partial charge in [-0.15, -0.1) is 0 Å². The first-order valence-electron chi connectivity index (χ1n) is 7.58. The van der Waals surface area contributed by atoms with Gasteiger partial charge in [0.05, 0.1) is 15.7 Å². The van der Waals surface area contributed by atoms with Gasteiger partial charge in [0, 0.05) is 37.9 Å². The van der Waals surface area contributed by atoms with E-state index in [2.05, 4.69) is 20.2 Å². The summed E-state index contributed by atoms with van der Waals surface area (Å²) in [6.45, 7) is 4.78. The molecule has 1 aromatic heterocycles. The number of anilines is 3. The molecule has 1 aromatic carbocycles. The Morgan fingerprint density at radius 1 is 1.17 bits per heavy atom. The SMILES string of the molecule is Cc1cc(N2CCN(C=O)CC2)nc(Nc2cccc(Cl)c2Cl)n1. The first-order valence-corrected chi connectivity index (χ1v) is 8.33. The van der Waals surface area contributed by atoms with Gasteiger partial charge in [-0.2, -0.15) is 4.98 Å². The van der Waals surface area contributed by atoms with Crippen LogP contribution >= 0.6 is 23.2 Å². The number of carbonyl (C=O) groups is 1. The summed E-state index contributed by atoms with van der Waals surface area (Å²) in [6.07, 6.45) is 0.886. The second kappa shape index (κ2) is 7.23. The molecule has 0 unspecified atom stereocenters. The Morgan fingerprint density at radius 3 is 2.62 bits per heavy atom. The number of piperazine rings is 1. The molecule has 0 saturated carbocycles. The van der Waals surface area contributed by atoms with Crippen molar-refractivity contribution < 1.29 is 4.79 Å². The highest BCUT2D eigenvalue weighted by atomic mass is 35.5. The zero-order chi connectivity index (χ0) is 17.1. The van der Waals surface area contributed by atoms with Gasteiger partial charge in [0.15, 0.2) is 0 Å². The van der Waals surface area contributed by atoms with Crippen molar-refractivity contribution >= 4 is 47.1 Å². The quantitative estimate of drug-likeness (QED) is 0.843. The van der Waals surface area contributed by atoms with Gasteiger partial charge in [-0.05, 0) is 19.1 Å². The molecule has 1 saturated heterocycles. The zero-order valence-electron chi connectivity index (χ0n) is 13.2. The summed E-state index contributed by atoms with van der Waals surface area (Å²) in [5.74, 6) is 1.29. The third-order valence-electron chi connectivity index (χ3n) is 3.83. The van der Waals surface area contributed by atoms with Crippen LogP contribution in [0.4, 0.5) is 17.5 Å². The van der Waals surface area contributed by atoms with Crippen molar-refractivity contribution in [1.82, 2.24) is 14.9 Å². The van der Waals surface area contributed by atoms with Gasteiger partial charge in [0.1, 0.15) is 5.82 Å². The molecule has 2 heterocycles. The lowest BCUT2D eigenvalue weighted by atomic mass is 10.3. The Morgan fingerprint density at radius 2 is 1.92 bits per heavy atom. The molecule has 0 bridgehead atoms. The number of nitrogens with zero attached hydrogens (tertiary/aromatic N) is 4. The average Bonchev–Trinajstić information content (AvgIpc) is 2.58. The molecule has 8 heteroatoms. The summed E-state index contributed by atoms with van der Waals surface area (Å²) in [4.78, 5) is 23.7. The van der Waals surface area contributed by atoms with Crippen LogP contribution in [0.15, 0.2) is 24.3 Å². The van der Waals surface area contributed by atoms with E-state index in [4.69, 9.17) is 23.2 Å². The fourth-order valence-electron chi connectivity index (χ4n) is 2.55. The number of carbonyl (C=O) groups excluding carboxylic acids is 1. The fraction of sp³-hybridized carbons (Fsp3) is 0.312.